The third-order valence-electron chi connectivity index (χ3n) is 4.55. The predicted octanol–water partition coefficient (Wildman–Crippen LogP) is 4.38. The monoisotopic (exact) mass is 412 g/mol. The Labute approximate surface area is 179 Å². The lowest BCUT2D eigenvalue weighted by Crippen LogP contribution is -2.12. The minimum atomic E-state index is -0.251. The van der Waals surface area contributed by atoms with E-state index in [2.05, 4.69) is 10.3 Å². The number of ether oxygens (including phenoxy) is 2. The highest BCUT2D eigenvalue weighted by Gasteiger charge is 2.09. The predicted molar refractivity (Wildman–Crippen MR) is 116 cm³/mol. The molecule has 0 aliphatic heterocycles. The Morgan fingerprint density at radius 3 is 2.71 bits per heavy atom. The summed E-state index contributed by atoms with van der Waals surface area (Å²) in [7, 11) is 0. The molecule has 0 aliphatic rings. The first-order chi connectivity index (χ1) is 15.1. The van der Waals surface area contributed by atoms with Gasteiger partial charge in [-0.25, -0.2) is 4.98 Å². The molecule has 0 fully saturated rings. The zero-order chi connectivity index (χ0) is 21.6. The zero-order valence-electron chi connectivity index (χ0n) is 16.9. The van der Waals surface area contributed by atoms with Crippen LogP contribution in [0.5, 0.6) is 11.5 Å². The summed E-state index contributed by atoms with van der Waals surface area (Å²) >= 11 is 0. The van der Waals surface area contributed by atoms with Crippen LogP contribution in [0.2, 0.25) is 0 Å². The summed E-state index contributed by atoms with van der Waals surface area (Å²) < 4.78 is 13.0. The first kappa shape index (κ1) is 20.0. The van der Waals surface area contributed by atoms with Crippen LogP contribution in [-0.4, -0.2) is 21.9 Å². The molecular weight excluding hydrogens is 392 g/mol. The number of hydrogen-bond acceptors (Lipinski definition) is 5. The molecule has 0 bridgehead atoms. The SMILES string of the molecule is Cc1ccc2nc(COc3cccc(C(=O)Nc4ccc(OCC#N)cc4)c3)cn2c1. The number of nitriles is 1. The van der Waals surface area contributed by atoms with Gasteiger partial charge in [0.15, 0.2) is 6.61 Å². The second-order valence-electron chi connectivity index (χ2n) is 6.95. The van der Waals surface area contributed by atoms with E-state index in [1.165, 1.54) is 0 Å². The van der Waals surface area contributed by atoms with Crippen LogP contribution >= 0.6 is 0 Å². The Balaban J connectivity index is 1.39. The molecule has 0 spiro atoms. The van der Waals surface area contributed by atoms with Crippen LogP contribution in [0, 0.1) is 18.3 Å². The molecular formula is C24H20N4O3. The van der Waals surface area contributed by atoms with Crippen LogP contribution in [0.4, 0.5) is 5.69 Å². The Bertz CT molecular complexity index is 1260. The number of amides is 1. The van der Waals surface area contributed by atoms with E-state index in [0.717, 1.165) is 16.9 Å². The molecule has 154 valence electrons. The van der Waals surface area contributed by atoms with E-state index in [0.29, 0.717) is 29.4 Å². The van der Waals surface area contributed by atoms with Gasteiger partial charge in [0.2, 0.25) is 0 Å². The molecule has 1 N–H and O–H groups in total. The van der Waals surface area contributed by atoms with Gasteiger partial charge in [-0.2, -0.15) is 5.26 Å². The maximum Gasteiger partial charge on any atom is 0.255 e. The number of carbonyl (C=O) groups excluding carboxylic acids is 1. The van der Waals surface area contributed by atoms with Gasteiger partial charge in [-0.1, -0.05) is 12.1 Å². The van der Waals surface area contributed by atoms with E-state index >= 15 is 0 Å². The van der Waals surface area contributed by atoms with Crippen LogP contribution in [0.3, 0.4) is 0 Å². The molecule has 31 heavy (non-hydrogen) atoms. The lowest BCUT2D eigenvalue weighted by atomic mass is 10.2. The molecule has 0 aliphatic carbocycles. The fourth-order valence-corrected chi connectivity index (χ4v) is 3.06. The van der Waals surface area contributed by atoms with Gasteiger partial charge in [-0.15, -0.1) is 0 Å². The summed E-state index contributed by atoms with van der Waals surface area (Å²) in [5.74, 6) is 0.900. The van der Waals surface area contributed by atoms with Gasteiger partial charge in [-0.3, -0.25) is 4.79 Å². The molecule has 7 nitrogen and oxygen atoms in total. The molecule has 1 amide bonds. The second-order valence-corrected chi connectivity index (χ2v) is 6.95. The normalized spacial score (nSPS) is 10.5. The maximum absolute atomic E-state index is 12.6. The van der Waals surface area contributed by atoms with Gasteiger partial charge >= 0.3 is 0 Å². The number of pyridine rings is 1. The summed E-state index contributed by atoms with van der Waals surface area (Å²) in [6, 6.07) is 19.7. The highest BCUT2D eigenvalue weighted by Crippen LogP contribution is 2.19. The highest BCUT2D eigenvalue weighted by atomic mass is 16.5. The Morgan fingerprint density at radius 2 is 1.90 bits per heavy atom. The summed E-state index contributed by atoms with van der Waals surface area (Å²) in [5.41, 5.74) is 3.93. The molecule has 2 aromatic carbocycles. The van der Waals surface area contributed by atoms with Gasteiger partial charge in [0.1, 0.15) is 29.8 Å². The fourth-order valence-electron chi connectivity index (χ4n) is 3.06. The number of nitrogens with zero attached hydrogens (tertiary/aromatic N) is 3. The third kappa shape index (κ3) is 5.00. The fraction of sp³-hybridized carbons (Fsp3) is 0.125. The highest BCUT2D eigenvalue weighted by molar-refractivity contribution is 6.04. The maximum atomic E-state index is 12.6. The molecule has 2 aromatic heterocycles. The van der Waals surface area contributed by atoms with Crippen molar-refractivity contribution in [3.8, 4) is 17.6 Å². The summed E-state index contributed by atoms with van der Waals surface area (Å²) in [6.45, 7) is 2.31. The number of carbonyl (C=O) groups is 1. The van der Waals surface area contributed by atoms with Gasteiger partial charge in [0, 0.05) is 23.6 Å². The number of hydrogen-bond donors (Lipinski definition) is 1. The minimum absolute atomic E-state index is 0.0207. The van der Waals surface area contributed by atoms with Crippen molar-refractivity contribution in [1.82, 2.24) is 9.38 Å². The van der Waals surface area contributed by atoms with E-state index in [-0.39, 0.29) is 12.5 Å². The largest absolute Gasteiger partial charge is 0.487 e. The number of fused-ring (bicyclic) bond motifs is 1. The first-order valence-corrected chi connectivity index (χ1v) is 9.69. The number of benzene rings is 2. The number of aromatic nitrogens is 2. The van der Waals surface area contributed by atoms with Gasteiger partial charge in [0.05, 0.1) is 5.69 Å². The van der Waals surface area contributed by atoms with E-state index in [1.807, 2.05) is 41.9 Å². The number of aryl methyl sites for hydroxylation is 1. The summed E-state index contributed by atoms with van der Waals surface area (Å²) in [4.78, 5) is 17.1. The molecule has 0 radical (unpaired) electrons. The number of anilines is 1. The Hall–Kier alpha value is -4.31. The molecule has 4 aromatic rings. The van der Waals surface area contributed by atoms with Crippen molar-refractivity contribution in [2.45, 2.75) is 13.5 Å². The van der Waals surface area contributed by atoms with Gasteiger partial charge < -0.3 is 19.2 Å². The first-order valence-electron chi connectivity index (χ1n) is 9.69. The lowest BCUT2D eigenvalue weighted by Gasteiger charge is -2.09. The molecule has 0 atom stereocenters. The van der Waals surface area contributed by atoms with Crippen molar-refractivity contribution in [3.63, 3.8) is 0 Å². The van der Waals surface area contributed by atoms with Crippen molar-refractivity contribution < 1.29 is 14.3 Å². The minimum Gasteiger partial charge on any atom is -0.487 e. The standard InChI is InChI=1S/C24H20N4O3/c1-17-5-10-23-26-20(15-28(23)14-17)16-31-22-4-2-3-18(13-22)24(29)27-19-6-8-21(9-7-19)30-12-11-25/h2-10,13-15H,12,16H2,1H3,(H,27,29). The van der Waals surface area contributed by atoms with Gasteiger partial charge in [0.25, 0.3) is 5.91 Å². The number of rotatable bonds is 7. The number of imidazole rings is 1. The quantitative estimate of drug-likeness (QED) is 0.487. The van der Waals surface area contributed by atoms with Crippen LogP contribution in [-0.2, 0) is 6.61 Å². The topological polar surface area (TPSA) is 88.7 Å². The van der Waals surface area contributed by atoms with Crippen molar-refractivity contribution in [3.05, 3.63) is 89.9 Å². The summed E-state index contributed by atoms with van der Waals surface area (Å²) in [5, 5.41) is 11.4. The van der Waals surface area contributed by atoms with Crippen molar-refractivity contribution in [2.24, 2.45) is 0 Å². The molecule has 7 heteroatoms. The van der Waals surface area contributed by atoms with E-state index < -0.39 is 0 Å². The third-order valence-corrected chi connectivity index (χ3v) is 4.55. The van der Waals surface area contributed by atoms with Crippen molar-refractivity contribution in [2.75, 3.05) is 11.9 Å². The van der Waals surface area contributed by atoms with Crippen LogP contribution in [0.25, 0.3) is 5.65 Å². The average Bonchev–Trinajstić information content (AvgIpc) is 3.19. The average molecular weight is 412 g/mol. The van der Waals surface area contributed by atoms with E-state index in [1.54, 1.807) is 48.5 Å². The van der Waals surface area contributed by atoms with Crippen LogP contribution in [0.15, 0.2) is 73.1 Å². The van der Waals surface area contributed by atoms with E-state index in [9.17, 15) is 4.79 Å². The van der Waals surface area contributed by atoms with E-state index in [4.69, 9.17) is 14.7 Å². The molecule has 4 rings (SSSR count). The second kappa shape index (κ2) is 9.01. The van der Waals surface area contributed by atoms with Crippen molar-refractivity contribution >= 4 is 17.2 Å². The number of nitrogens with one attached hydrogen (secondary N) is 1. The zero-order valence-corrected chi connectivity index (χ0v) is 16.9. The van der Waals surface area contributed by atoms with Crippen LogP contribution < -0.4 is 14.8 Å². The van der Waals surface area contributed by atoms with Gasteiger partial charge in [-0.05, 0) is 61.0 Å². The Morgan fingerprint density at radius 1 is 1.06 bits per heavy atom. The Kier molecular flexibility index (Phi) is 5.81. The van der Waals surface area contributed by atoms with Crippen LogP contribution in [0.1, 0.15) is 21.6 Å². The molecule has 2 heterocycles. The lowest BCUT2D eigenvalue weighted by molar-refractivity contribution is 0.102. The van der Waals surface area contributed by atoms with Crippen molar-refractivity contribution in [1.29, 1.82) is 5.26 Å². The molecule has 0 saturated heterocycles. The smallest absolute Gasteiger partial charge is 0.255 e. The molecule has 0 unspecified atom stereocenters. The summed E-state index contributed by atoms with van der Waals surface area (Å²) in [6.07, 6.45) is 3.95. The molecule has 0 saturated carbocycles.